The Bertz CT molecular complexity index is 470. The first-order valence-corrected chi connectivity index (χ1v) is 7.72. The maximum Gasteiger partial charge on any atom is 0.221 e. The molecule has 0 bridgehead atoms. The van der Waals surface area contributed by atoms with Crippen LogP contribution >= 0.6 is 24.8 Å². The summed E-state index contributed by atoms with van der Waals surface area (Å²) in [7, 11) is 0. The zero-order valence-electron chi connectivity index (χ0n) is 13.1. The number of nitrogens with one attached hydrogen (secondary N) is 2. The van der Waals surface area contributed by atoms with Crippen molar-refractivity contribution in [1.82, 2.24) is 10.6 Å². The van der Waals surface area contributed by atoms with Crippen molar-refractivity contribution in [3.8, 4) is 0 Å². The molecule has 0 saturated carbocycles. The second kappa shape index (κ2) is 9.98. The Labute approximate surface area is 150 Å². The van der Waals surface area contributed by atoms with Gasteiger partial charge in [-0.3, -0.25) is 4.79 Å². The summed E-state index contributed by atoms with van der Waals surface area (Å²) >= 11 is 0. The largest absolute Gasteiger partial charge is 0.378 e. The van der Waals surface area contributed by atoms with Crippen LogP contribution in [0.5, 0.6) is 0 Å². The first-order valence-electron chi connectivity index (χ1n) is 7.72. The number of para-hydroxylation sites is 1. The van der Waals surface area contributed by atoms with E-state index in [0.29, 0.717) is 13.0 Å². The van der Waals surface area contributed by atoms with Crippen molar-refractivity contribution in [2.75, 3.05) is 37.7 Å². The third-order valence-electron chi connectivity index (χ3n) is 4.10. The van der Waals surface area contributed by atoms with Crippen LogP contribution in [0.4, 0.5) is 5.69 Å². The summed E-state index contributed by atoms with van der Waals surface area (Å²) in [6.07, 6.45) is 1.51. The Morgan fingerprint density at radius 1 is 1.30 bits per heavy atom. The molecule has 2 atom stereocenters. The second-order valence-corrected chi connectivity index (χ2v) is 5.76. The standard InChI is InChI=1S/C16H23N3O2.2ClH/c20-16(10-14-12-21-9-7-17-14)18-13-6-8-19(11-13)15-4-2-1-3-5-15;;/h1-5,13-14,17H,6-12H2,(H,18,20);2*1H. The molecule has 0 radical (unpaired) electrons. The molecule has 2 saturated heterocycles. The summed E-state index contributed by atoms with van der Waals surface area (Å²) in [5.41, 5.74) is 1.23. The van der Waals surface area contributed by atoms with Gasteiger partial charge in [0.2, 0.25) is 5.91 Å². The lowest BCUT2D eigenvalue weighted by atomic mass is 10.1. The van der Waals surface area contributed by atoms with E-state index in [9.17, 15) is 4.79 Å². The average Bonchev–Trinajstić information content (AvgIpc) is 2.97. The maximum absolute atomic E-state index is 12.1. The number of morpholine rings is 1. The van der Waals surface area contributed by atoms with Gasteiger partial charge in [0.15, 0.2) is 0 Å². The number of hydrogen-bond acceptors (Lipinski definition) is 4. The highest BCUT2D eigenvalue weighted by Crippen LogP contribution is 2.19. The van der Waals surface area contributed by atoms with Crippen LogP contribution in [0.25, 0.3) is 0 Å². The molecule has 2 N–H and O–H groups in total. The molecule has 1 amide bonds. The third kappa shape index (κ3) is 5.84. The molecule has 130 valence electrons. The predicted octanol–water partition coefficient (Wildman–Crippen LogP) is 1.60. The highest BCUT2D eigenvalue weighted by molar-refractivity contribution is 5.85. The summed E-state index contributed by atoms with van der Waals surface area (Å²) in [5, 5.41) is 6.46. The summed E-state index contributed by atoms with van der Waals surface area (Å²) in [6, 6.07) is 10.8. The Kier molecular flexibility index (Phi) is 8.69. The molecular formula is C16H25Cl2N3O2. The third-order valence-corrected chi connectivity index (χ3v) is 4.10. The molecule has 2 aliphatic heterocycles. The van der Waals surface area contributed by atoms with Crippen molar-refractivity contribution in [2.45, 2.75) is 24.9 Å². The number of carbonyl (C=O) groups excluding carboxylic acids is 1. The van der Waals surface area contributed by atoms with Crippen molar-refractivity contribution in [3.05, 3.63) is 30.3 Å². The minimum atomic E-state index is 0. The van der Waals surface area contributed by atoms with Gasteiger partial charge in [-0.1, -0.05) is 18.2 Å². The molecule has 5 nitrogen and oxygen atoms in total. The van der Waals surface area contributed by atoms with Gasteiger partial charge in [-0.25, -0.2) is 0 Å². The number of carbonyl (C=O) groups is 1. The van der Waals surface area contributed by atoms with E-state index in [-0.39, 0.29) is 42.8 Å². The quantitative estimate of drug-likeness (QED) is 0.855. The molecule has 2 unspecified atom stereocenters. The number of ether oxygens (including phenoxy) is 1. The molecule has 2 heterocycles. The van der Waals surface area contributed by atoms with Gasteiger partial charge >= 0.3 is 0 Å². The smallest absolute Gasteiger partial charge is 0.221 e. The molecule has 1 aromatic rings. The Morgan fingerprint density at radius 3 is 2.78 bits per heavy atom. The minimum Gasteiger partial charge on any atom is -0.378 e. The van der Waals surface area contributed by atoms with Gasteiger partial charge in [-0.15, -0.1) is 24.8 Å². The molecule has 0 aromatic heterocycles. The summed E-state index contributed by atoms with van der Waals surface area (Å²) < 4.78 is 5.38. The number of nitrogens with zero attached hydrogens (tertiary/aromatic N) is 1. The molecule has 2 aliphatic rings. The fraction of sp³-hybridized carbons (Fsp3) is 0.562. The lowest BCUT2D eigenvalue weighted by Crippen LogP contribution is -2.46. The van der Waals surface area contributed by atoms with E-state index in [4.69, 9.17) is 4.74 Å². The normalized spacial score (nSPS) is 23.6. The molecule has 3 rings (SSSR count). The number of rotatable bonds is 4. The van der Waals surface area contributed by atoms with E-state index in [0.717, 1.165) is 32.7 Å². The van der Waals surface area contributed by atoms with E-state index < -0.39 is 0 Å². The van der Waals surface area contributed by atoms with Gasteiger partial charge in [-0.2, -0.15) is 0 Å². The minimum absolute atomic E-state index is 0. The predicted molar refractivity (Wildman–Crippen MR) is 96.9 cm³/mol. The van der Waals surface area contributed by atoms with Crippen molar-refractivity contribution in [2.24, 2.45) is 0 Å². The zero-order valence-corrected chi connectivity index (χ0v) is 14.7. The Hall–Kier alpha value is -1.01. The monoisotopic (exact) mass is 361 g/mol. The molecule has 2 fully saturated rings. The van der Waals surface area contributed by atoms with Gasteiger partial charge in [0.25, 0.3) is 0 Å². The highest BCUT2D eigenvalue weighted by atomic mass is 35.5. The van der Waals surface area contributed by atoms with E-state index in [1.807, 2.05) is 6.07 Å². The van der Waals surface area contributed by atoms with Crippen LogP contribution in [-0.2, 0) is 9.53 Å². The number of halogens is 2. The van der Waals surface area contributed by atoms with Crippen molar-refractivity contribution >= 4 is 36.4 Å². The Balaban J connectivity index is 0.00000132. The molecule has 0 spiro atoms. The lowest BCUT2D eigenvalue weighted by molar-refractivity contribution is -0.122. The SMILES string of the molecule is Cl.Cl.O=C(CC1COCCN1)NC1CCN(c2ccccc2)C1. The van der Waals surface area contributed by atoms with E-state index in [1.165, 1.54) is 5.69 Å². The topological polar surface area (TPSA) is 53.6 Å². The van der Waals surface area contributed by atoms with Crippen LogP contribution in [0.3, 0.4) is 0 Å². The zero-order chi connectivity index (χ0) is 14.5. The van der Waals surface area contributed by atoms with E-state index in [1.54, 1.807) is 0 Å². The van der Waals surface area contributed by atoms with Gasteiger partial charge in [0.1, 0.15) is 0 Å². The van der Waals surface area contributed by atoms with Crippen LogP contribution in [0, 0.1) is 0 Å². The van der Waals surface area contributed by atoms with Crippen LogP contribution in [0.15, 0.2) is 30.3 Å². The Morgan fingerprint density at radius 2 is 2.09 bits per heavy atom. The van der Waals surface area contributed by atoms with Crippen molar-refractivity contribution in [3.63, 3.8) is 0 Å². The van der Waals surface area contributed by atoms with E-state index >= 15 is 0 Å². The van der Waals surface area contributed by atoms with Crippen LogP contribution in [0.2, 0.25) is 0 Å². The number of amides is 1. The van der Waals surface area contributed by atoms with Crippen molar-refractivity contribution in [1.29, 1.82) is 0 Å². The average molecular weight is 362 g/mol. The highest BCUT2D eigenvalue weighted by Gasteiger charge is 2.25. The lowest BCUT2D eigenvalue weighted by Gasteiger charge is -2.24. The first-order chi connectivity index (χ1) is 10.3. The van der Waals surface area contributed by atoms with Crippen molar-refractivity contribution < 1.29 is 9.53 Å². The summed E-state index contributed by atoms with van der Waals surface area (Å²) in [4.78, 5) is 14.4. The molecule has 7 heteroatoms. The number of hydrogen-bond donors (Lipinski definition) is 2. The molecular weight excluding hydrogens is 337 g/mol. The molecule has 0 aliphatic carbocycles. The van der Waals surface area contributed by atoms with Crippen LogP contribution < -0.4 is 15.5 Å². The maximum atomic E-state index is 12.1. The van der Waals surface area contributed by atoms with Crippen LogP contribution in [-0.4, -0.2) is 50.8 Å². The van der Waals surface area contributed by atoms with Gasteiger partial charge in [0.05, 0.1) is 13.2 Å². The summed E-state index contributed by atoms with van der Waals surface area (Å²) in [5.74, 6) is 0.123. The second-order valence-electron chi connectivity index (χ2n) is 5.76. The number of benzene rings is 1. The first kappa shape index (κ1) is 20.0. The van der Waals surface area contributed by atoms with E-state index in [2.05, 4.69) is 39.8 Å². The number of anilines is 1. The summed E-state index contributed by atoms with van der Waals surface area (Å²) in [6.45, 7) is 4.11. The van der Waals surface area contributed by atoms with Crippen LogP contribution in [0.1, 0.15) is 12.8 Å². The molecule has 23 heavy (non-hydrogen) atoms. The molecule has 1 aromatic carbocycles. The fourth-order valence-electron chi connectivity index (χ4n) is 3.01. The fourth-order valence-corrected chi connectivity index (χ4v) is 3.01. The van der Waals surface area contributed by atoms with Gasteiger partial charge < -0.3 is 20.3 Å². The van der Waals surface area contributed by atoms with Gasteiger partial charge in [-0.05, 0) is 18.6 Å². The van der Waals surface area contributed by atoms with Gasteiger partial charge in [0, 0.05) is 43.8 Å².